The quantitative estimate of drug-likeness (QED) is 0.556. The van der Waals surface area contributed by atoms with Crippen LogP contribution in [0, 0.1) is 18.8 Å². The van der Waals surface area contributed by atoms with E-state index in [-0.39, 0.29) is 30.2 Å². The predicted molar refractivity (Wildman–Crippen MR) is 132 cm³/mol. The zero-order chi connectivity index (χ0) is 24.8. The highest BCUT2D eigenvalue weighted by Gasteiger charge is 2.47. The average Bonchev–Trinajstić information content (AvgIpc) is 3.09. The number of nitrogens with zero attached hydrogens (tertiary/aromatic N) is 1. The van der Waals surface area contributed by atoms with Crippen LogP contribution in [-0.4, -0.2) is 35.4 Å². The standard InChI is InChI=1S/C27H35N3O4/c1-17(2)13-23(31)29-22-8-6-7-21(14-22)25-24(26(32)28-15-18(3)4)30(27(33)34-25)16-20-11-9-19(5)10-12-20/h6-12,14,17-18,24-25H,13,15-16H2,1-5H3,(H,28,32)(H,29,31)/t24-,25+/m0/s1. The third kappa shape index (κ3) is 6.59. The van der Waals surface area contributed by atoms with Crippen molar-refractivity contribution in [1.82, 2.24) is 10.2 Å². The monoisotopic (exact) mass is 465 g/mol. The number of hydrogen-bond acceptors (Lipinski definition) is 4. The van der Waals surface area contributed by atoms with E-state index in [4.69, 9.17) is 4.74 Å². The van der Waals surface area contributed by atoms with Crippen LogP contribution < -0.4 is 10.6 Å². The fraction of sp³-hybridized carbons (Fsp3) is 0.444. The van der Waals surface area contributed by atoms with Gasteiger partial charge in [0.05, 0.1) is 6.54 Å². The Hall–Kier alpha value is -3.35. The summed E-state index contributed by atoms with van der Waals surface area (Å²) in [6.07, 6.45) is -0.913. The molecule has 0 saturated carbocycles. The molecule has 182 valence electrons. The van der Waals surface area contributed by atoms with Crippen LogP contribution in [0.5, 0.6) is 0 Å². The van der Waals surface area contributed by atoms with Gasteiger partial charge >= 0.3 is 6.09 Å². The summed E-state index contributed by atoms with van der Waals surface area (Å²) in [5.41, 5.74) is 3.30. The first-order valence-corrected chi connectivity index (χ1v) is 11.8. The second kappa shape index (κ2) is 11.2. The van der Waals surface area contributed by atoms with Crippen molar-refractivity contribution < 1.29 is 19.1 Å². The minimum atomic E-state index is -0.825. The molecule has 0 aliphatic carbocycles. The molecule has 34 heavy (non-hydrogen) atoms. The molecule has 7 nitrogen and oxygen atoms in total. The van der Waals surface area contributed by atoms with Gasteiger partial charge in [0.15, 0.2) is 12.1 Å². The highest BCUT2D eigenvalue weighted by atomic mass is 16.6. The van der Waals surface area contributed by atoms with Gasteiger partial charge in [-0.1, -0.05) is 69.7 Å². The lowest BCUT2D eigenvalue weighted by Crippen LogP contribution is -2.47. The second-order valence-corrected chi connectivity index (χ2v) is 9.77. The molecule has 2 aromatic rings. The van der Waals surface area contributed by atoms with E-state index in [1.807, 2.05) is 65.0 Å². The number of ether oxygens (including phenoxy) is 1. The van der Waals surface area contributed by atoms with E-state index in [1.165, 1.54) is 4.90 Å². The van der Waals surface area contributed by atoms with Gasteiger partial charge in [0.1, 0.15) is 0 Å². The molecule has 0 bridgehead atoms. The van der Waals surface area contributed by atoms with Crippen LogP contribution in [0.2, 0.25) is 0 Å². The van der Waals surface area contributed by atoms with Gasteiger partial charge in [-0.25, -0.2) is 4.79 Å². The number of rotatable bonds is 9. The summed E-state index contributed by atoms with van der Waals surface area (Å²) in [6, 6.07) is 14.2. The van der Waals surface area contributed by atoms with Crippen molar-refractivity contribution in [3.8, 4) is 0 Å². The molecule has 2 N–H and O–H groups in total. The maximum Gasteiger partial charge on any atom is 0.411 e. The average molecular weight is 466 g/mol. The number of benzene rings is 2. The third-order valence-corrected chi connectivity index (χ3v) is 5.60. The molecule has 1 heterocycles. The van der Waals surface area contributed by atoms with E-state index in [9.17, 15) is 14.4 Å². The molecule has 1 fully saturated rings. The fourth-order valence-electron chi connectivity index (χ4n) is 3.89. The summed E-state index contributed by atoms with van der Waals surface area (Å²) in [4.78, 5) is 39.9. The molecular weight excluding hydrogens is 430 g/mol. The SMILES string of the molecule is Cc1ccc(CN2C(=O)O[C@H](c3cccc(NC(=O)CC(C)C)c3)[C@H]2C(=O)NCC(C)C)cc1. The molecule has 3 amide bonds. The van der Waals surface area contributed by atoms with Crippen molar-refractivity contribution in [2.75, 3.05) is 11.9 Å². The summed E-state index contributed by atoms with van der Waals surface area (Å²) in [5, 5.41) is 5.85. The minimum absolute atomic E-state index is 0.0807. The number of anilines is 1. The van der Waals surface area contributed by atoms with Crippen LogP contribution >= 0.6 is 0 Å². The number of nitrogens with one attached hydrogen (secondary N) is 2. The molecule has 0 spiro atoms. The van der Waals surface area contributed by atoms with Gasteiger partial charge in [-0.2, -0.15) is 0 Å². The topological polar surface area (TPSA) is 87.7 Å². The molecule has 3 rings (SSSR count). The van der Waals surface area contributed by atoms with E-state index >= 15 is 0 Å². The zero-order valence-electron chi connectivity index (χ0n) is 20.6. The summed E-state index contributed by atoms with van der Waals surface area (Å²) in [7, 11) is 0. The van der Waals surface area contributed by atoms with Crippen molar-refractivity contribution in [2.45, 2.75) is 59.7 Å². The molecule has 0 radical (unpaired) electrons. The maximum atomic E-state index is 13.3. The van der Waals surface area contributed by atoms with Crippen LogP contribution in [0.15, 0.2) is 48.5 Å². The lowest BCUT2D eigenvalue weighted by Gasteiger charge is -2.25. The molecule has 0 aromatic heterocycles. The van der Waals surface area contributed by atoms with Crippen molar-refractivity contribution in [1.29, 1.82) is 0 Å². The zero-order valence-corrected chi connectivity index (χ0v) is 20.6. The summed E-state index contributed by atoms with van der Waals surface area (Å²) < 4.78 is 5.73. The molecule has 7 heteroatoms. The van der Waals surface area contributed by atoms with E-state index < -0.39 is 18.2 Å². The van der Waals surface area contributed by atoms with Gasteiger partial charge in [-0.15, -0.1) is 0 Å². The highest BCUT2D eigenvalue weighted by Crippen LogP contribution is 2.35. The van der Waals surface area contributed by atoms with Crippen LogP contribution in [0.4, 0.5) is 10.5 Å². The number of aryl methyl sites for hydroxylation is 1. The molecule has 1 saturated heterocycles. The Morgan fingerprint density at radius 3 is 2.38 bits per heavy atom. The van der Waals surface area contributed by atoms with Crippen LogP contribution in [0.3, 0.4) is 0 Å². The number of carbonyl (C=O) groups is 3. The van der Waals surface area contributed by atoms with Crippen LogP contribution in [-0.2, 0) is 20.9 Å². The van der Waals surface area contributed by atoms with E-state index in [0.29, 0.717) is 24.2 Å². The van der Waals surface area contributed by atoms with Crippen LogP contribution in [0.25, 0.3) is 0 Å². The van der Waals surface area contributed by atoms with E-state index in [0.717, 1.165) is 11.1 Å². The van der Waals surface area contributed by atoms with Gasteiger partial charge < -0.3 is 15.4 Å². The fourth-order valence-corrected chi connectivity index (χ4v) is 3.89. The minimum Gasteiger partial charge on any atom is -0.438 e. The molecule has 1 aliphatic heterocycles. The van der Waals surface area contributed by atoms with Crippen LogP contribution in [0.1, 0.15) is 56.9 Å². The van der Waals surface area contributed by atoms with Gasteiger partial charge in [0, 0.05) is 18.7 Å². The van der Waals surface area contributed by atoms with Gasteiger partial charge in [-0.05, 0) is 42.0 Å². The summed E-state index contributed by atoms with van der Waals surface area (Å²) in [5.74, 6) is 0.169. The largest absolute Gasteiger partial charge is 0.438 e. The summed E-state index contributed by atoms with van der Waals surface area (Å²) in [6.45, 7) is 10.8. The maximum absolute atomic E-state index is 13.3. The Morgan fingerprint density at radius 2 is 1.74 bits per heavy atom. The lowest BCUT2D eigenvalue weighted by atomic mass is 9.99. The Bertz CT molecular complexity index is 1020. The van der Waals surface area contributed by atoms with Gasteiger partial charge in [0.2, 0.25) is 11.8 Å². The normalized spacial score (nSPS) is 17.7. The molecule has 1 aliphatic rings. The summed E-state index contributed by atoms with van der Waals surface area (Å²) >= 11 is 0. The Labute approximate surface area is 201 Å². The Balaban J connectivity index is 1.87. The number of hydrogen-bond donors (Lipinski definition) is 2. The molecule has 0 unspecified atom stereocenters. The molecular formula is C27H35N3O4. The smallest absolute Gasteiger partial charge is 0.411 e. The molecule has 2 aromatic carbocycles. The van der Waals surface area contributed by atoms with Crippen molar-refractivity contribution >= 4 is 23.6 Å². The Kier molecular flexibility index (Phi) is 8.31. The number of amides is 3. The first-order valence-electron chi connectivity index (χ1n) is 11.8. The molecule has 2 atom stereocenters. The van der Waals surface area contributed by atoms with Gasteiger partial charge in [-0.3, -0.25) is 14.5 Å². The second-order valence-electron chi connectivity index (χ2n) is 9.77. The van der Waals surface area contributed by atoms with Crippen molar-refractivity contribution in [3.05, 3.63) is 65.2 Å². The number of cyclic esters (lactones) is 1. The third-order valence-electron chi connectivity index (χ3n) is 5.60. The number of carbonyl (C=O) groups excluding carboxylic acids is 3. The Morgan fingerprint density at radius 1 is 1.03 bits per heavy atom. The van der Waals surface area contributed by atoms with E-state index in [1.54, 1.807) is 18.2 Å². The first kappa shape index (κ1) is 25.3. The highest BCUT2D eigenvalue weighted by molar-refractivity contribution is 5.91. The van der Waals surface area contributed by atoms with Crippen molar-refractivity contribution in [3.63, 3.8) is 0 Å². The van der Waals surface area contributed by atoms with Crippen molar-refractivity contribution in [2.24, 2.45) is 11.8 Å². The van der Waals surface area contributed by atoms with Gasteiger partial charge in [0.25, 0.3) is 0 Å². The first-order chi connectivity index (χ1) is 16.1. The predicted octanol–water partition coefficient (Wildman–Crippen LogP) is 4.81. The van der Waals surface area contributed by atoms with E-state index in [2.05, 4.69) is 10.6 Å². The lowest BCUT2D eigenvalue weighted by molar-refractivity contribution is -0.126.